The Morgan fingerprint density at radius 3 is 1.03 bits per heavy atom. The van der Waals surface area contributed by atoms with Gasteiger partial charge in [-0.25, -0.2) is 0 Å². The molecule has 0 saturated carbocycles. The van der Waals surface area contributed by atoms with Crippen LogP contribution in [0, 0.1) is 23.7 Å². The summed E-state index contributed by atoms with van der Waals surface area (Å²) in [6.45, 7) is 18.5. The summed E-state index contributed by atoms with van der Waals surface area (Å²) in [6.07, 6.45) is 12.0. The fourth-order valence-electron chi connectivity index (χ4n) is 9.71. The van der Waals surface area contributed by atoms with E-state index in [0.717, 1.165) is 92.2 Å². The van der Waals surface area contributed by atoms with E-state index in [-0.39, 0.29) is 0 Å². The average molecular weight is 955 g/mol. The molecule has 2 unspecified atom stereocenters. The van der Waals surface area contributed by atoms with Crippen molar-refractivity contribution in [2.45, 2.75) is 119 Å². The Balaban J connectivity index is 1.28. The minimum atomic E-state index is 0.380. The predicted molar refractivity (Wildman–Crippen MR) is 283 cm³/mol. The molecule has 10 bridgehead atoms. The lowest BCUT2D eigenvalue weighted by molar-refractivity contribution is 0.0695. The molecule has 5 aromatic carbocycles. The molecular weight excluding hydrogens is 873 g/mol. The smallest absolute Gasteiger partial charge is 0.161 e. The zero-order valence-electron chi connectivity index (χ0n) is 43.4. The molecule has 0 N–H and O–H groups in total. The van der Waals surface area contributed by atoms with Crippen LogP contribution in [0.25, 0.3) is 0 Å². The lowest BCUT2D eigenvalue weighted by Gasteiger charge is -2.23. The van der Waals surface area contributed by atoms with Gasteiger partial charge in [0.15, 0.2) is 11.5 Å². The molecule has 5 aromatic rings. The molecule has 0 fully saturated rings. The molecule has 8 nitrogen and oxygen atoms in total. The van der Waals surface area contributed by atoms with E-state index in [9.17, 15) is 0 Å². The van der Waals surface area contributed by atoms with Crippen molar-refractivity contribution in [3.63, 3.8) is 0 Å². The van der Waals surface area contributed by atoms with Gasteiger partial charge in [-0.1, -0.05) is 165 Å². The molecule has 2 heterocycles. The van der Waals surface area contributed by atoms with Gasteiger partial charge in [0, 0.05) is 25.7 Å². The number of benzene rings is 5. The topological polar surface area (TPSA) is 73.8 Å². The van der Waals surface area contributed by atoms with Gasteiger partial charge in [0.25, 0.3) is 0 Å². The zero-order valence-corrected chi connectivity index (χ0v) is 43.4. The Kier molecular flexibility index (Phi) is 21.1. The highest BCUT2D eigenvalue weighted by molar-refractivity contribution is 5.56. The Labute approximate surface area is 420 Å². The largest absolute Gasteiger partial charge is 0.493 e. The summed E-state index contributed by atoms with van der Waals surface area (Å²) in [7, 11) is 0. The second-order valence-corrected chi connectivity index (χ2v) is 20.5. The normalized spacial score (nSPS) is 15.7. The van der Waals surface area contributed by atoms with Gasteiger partial charge in [0.05, 0.1) is 39.6 Å². The van der Waals surface area contributed by atoms with Crippen LogP contribution in [0.2, 0.25) is 0 Å². The number of rotatable bonds is 16. The molecule has 0 aromatic heterocycles. The van der Waals surface area contributed by atoms with Gasteiger partial charge in [-0.05, 0) is 93.2 Å². The minimum Gasteiger partial charge on any atom is -0.493 e. The average Bonchev–Trinajstić information content (AvgIpc) is 3.33. The van der Waals surface area contributed by atoms with E-state index in [1.807, 2.05) is 24.3 Å². The zero-order chi connectivity index (χ0) is 48.9. The number of fused-ring (bicyclic) bond motifs is 12. The molecule has 0 amide bonds. The van der Waals surface area contributed by atoms with Gasteiger partial charge in [-0.15, -0.1) is 0 Å². The summed E-state index contributed by atoms with van der Waals surface area (Å²) in [4.78, 5) is 0. The third-order valence-electron chi connectivity index (χ3n) is 13.7. The van der Waals surface area contributed by atoms with Crippen molar-refractivity contribution in [1.82, 2.24) is 0 Å². The first-order valence-electron chi connectivity index (χ1n) is 26.7. The van der Waals surface area contributed by atoms with Crippen molar-refractivity contribution in [2.75, 3.05) is 66.1 Å². The van der Waals surface area contributed by atoms with Gasteiger partial charge in [-0.2, -0.15) is 0 Å². The molecule has 3 aliphatic rings. The van der Waals surface area contributed by atoms with E-state index >= 15 is 0 Å². The van der Waals surface area contributed by atoms with Crippen molar-refractivity contribution < 1.29 is 37.9 Å². The van der Waals surface area contributed by atoms with Crippen LogP contribution >= 0.6 is 0 Å². The Hall–Kier alpha value is -5.18. The van der Waals surface area contributed by atoms with E-state index < -0.39 is 0 Å². The first-order valence-corrected chi connectivity index (χ1v) is 26.7. The summed E-state index contributed by atoms with van der Waals surface area (Å²) in [5.74, 6) is 7.64. The van der Waals surface area contributed by atoms with Gasteiger partial charge in [0.1, 0.15) is 49.4 Å². The van der Waals surface area contributed by atoms with Crippen molar-refractivity contribution in [3.8, 4) is 34.5 Å². The maximum atomic E-state index is 7.01. The van der Waals surface area contributed by atoms with Gasteiger partial charge in [0.2, 0.25) is 0 Å². The van der Waals surface area contributed by atoms with Crippen LogP contribution in [0.3, 0.4) is 0 Å². The lowest BCUT2D eigenvalue weighted by atomic mass is 9.91. The molecule has 0 spiro atoms. The standard InChI is InChI=1S/C62H82O8/c1-45(2)15-9-17-47(5)29-31-67-59-49-19-11-20-50(59)42-54-24-14-26-56-44-52-22-12-21-51(60(52)68-32-30-48(6)18-10-16-46(3)4)43-55-25-13-23-53(41-49)61(55)69-39-35-63-33-37-65-57-27-7-8-28-58(57)66-38-34-64-36-40-70-62(54)56/h7-8,11-14,19-28,45-48H,9-10,15-18,29-44H2,1-6H3. The van der Waals surface area contributed by atoms with E-state index in [0.29, 0.717) is 115 Å². The minimum absolute atomic E-state index is 0.380. The summed E-state index contributed by atoms with van der Waals surface area (Å²) in [5, 5.41) is 0. The van der Waals surface area contributed by atoms with Gasteiger partial charge in [-0.3, -0.25) is 0 Å². The molecule has 70 heavy (non-hydrogen) atoms. The van der Waals surface area contributed by atoms with Crippen molar-refractivity contribution in [3.05, 3.63) is 142 Å². The van der Waals surface area contributed by atoms with E-state index in [2.05, 4.69) is 114 Å². The quantitative estimate of drug-likeness (QED) is 0.0889. The van der Waals surface area contributed by atoms with Crippen LogP contribution in [0.5, 0.6) is 34.5 Å². The number of hydrogen-bond donors (Lipinski definition) is 0. The molecule has 378 valence electrons. The second kappa shape index (κ2) is 28.0. The summed E-state index contributed by atoms with van der Waals surface area (Å²) in [6, 6.07) is 34.2. The van der Waals surface area contributed by atoms with Crippen LogP contribution in [-0.4, -0.2) is 66.1 Å². The van der Waals surface area contributed by atoms with Crippen LogP contribution in [0.1, 0.15) is 137 Å². The fraction of sp³-hybridized carbons (Fsp3) is 0.516. The van der Waals surface area contributed by atoms with Crippen molar-refractivity contribution in [2.24, 2.45) is 23.7 Å². The van der Waals surface area contributed by atoms with Crippen LogP contribution in [-0.2, 0) is 35.2 Å². The Morgan fingerprint density at radius 2 is 0.686 bits per heavy atom. The first-order chi connectivity index (χ1) is 34.2. The highest BCUT2D eigenvalue weighted by Gasteiger charge is 2.23. The third-order valence-corrected chi connectivity index (χ3v) is 13.7. The lowest BCUT2D eigenvalue weighted by Crippen LogP contribution is -2.14. The number of ether oxygens (including phenoxy) is 8. The molecule has 8 rings (SSSR count). The molecule has 8 heteroatoms. The molecule has 2 atom stereocenters. The molecule has 0 radical (unpaired) electrons. The maximum absolute atomic E-state index is 7.01. The van der Waals surface area contributed by atoms with Crippen molar-refractivity contribution in [1.29, 1.82) is 0 Å². The van der Waals surface area contributed by atoms with Crippen molar-refractivity contribution >= 4 is 0 Å². The number of para-hydroxylation sites is 6. The highest BCUT2D eigenvalue weighted by Crippen LogP contribution is 2.39. The monoisotopic (exact) mass is 955 g/mol. The molecule has 0 saturated heterocycles. The summed E-state index contributed by atoms with van der Waals surface area (Å²) in [5.41, 5.74) is 9.00. The van der Waals surface area contributed by atoms with Crippen LogP contribution in [0.4, 0.5) is 0 Å². The molecule has 1 aliphatic carbocycles. The highest BCUT2D eigenvalue weighted by atomic mass is 16.6. The first kappa shape index (κ1) is 52.6. The SMILES string of the molecule is CC(C)CCCC(C)CCOc1c2cccc1Cc1cccc3c1OCCOCCOc1ccccc1OCCOCCOc1c(cccc1Cc1cccc(c1OCCC(C)CCCC(C)C)C3)C2. The maximum Gasteiger partial charge on any atom is 0.161 e. The van der Waals surface area contributed by atoms with Crippen LogP contribution in [0.15, 0.2) is 97.1 Å². The molecule has 2 aliphatic heterocycles. The van der Waals surface area contributed by atoms with Crippen LogP contribution < -0.4 is 28.4 Å². The van der Waals surface area contributed by atoms with Gasteiger partial charge < -0.3 is 37.9 Å². The Bertz CT molecular complexity index is 2090. The second-order valence-electron chi connectivity index (χ2n) is 20.5. The summed E-state index contributed by atoms with van der Waals surface area (Å²) >= 11 is 0. The van der Waals surface area contributed by atoms with Gasteiger partial charge >= 0.3 is 0 Å². The van der Waals surface area contributed by atoms with E-state index in [4.69, 9.17) is 37.9 Å². The number of hydrogen-bond acceptors (Lipinski definition) is 8. The van der Waals surface area contributed by atoms with E-state index in [1.54, 1.807) is 0 Å². The third kappa shape index (κ3) is 16.2. The summed E-state index contributed by atoms with van der Waals surface area (Å²) < 4.78 is 52.3. The Morgan fingerprint density at radius 1 is 0.357 bits per heavy atom. The van der Waals surface area contributed by atoms with E-state index in [1.165, 1.54) is 38.5 Å². The fourth-order valence-corrected chi connectivity index (χ4v) is 9.71. The predicted octanol–water partition coefficient (Wildman–Crippen LogP) is 14.1. The molecular formula is C62H82O8.